The lowest BCUT2D eigenvalue weighted by Gasteiger charge is -2.33. The number of aromatic nitrogens is 3. The smallest absolute Gasteiger partial charge is 0.208 e. The summed E-state index contributed by atoms with van der Waals surface area (Å²) in [6.45, 7) is 2.67. The minimum absolute atomic E-state index is 0.00912. The fraction of sp³-hybridized carbons (Fsp3) is 0.429. The first-order chi connectivity index (χ1) is 10.5. The topological polar surface area (TPSA) is 80.1 Å². The van der Waals surface area contributed by atoms with Crippen LogP contribution in [-0.2, 0) is 23.1 Å². The molecule has 1 N–H and O–H groups in total. The summed E-state index contributed by atoms with van der Waals surface area (Å²) < 4.78 is 27.2. The number of rotatable bonds is 5. The van der Waals surface area contributed by atoms with Crippen molar-refractivity contribution in [3.63, 3.8) is 0 Å². The Morgan fingerprint density at radius 2 is 2.23 bits per heavy atom. The first-order valence-electron chi connectivity index (χ1n) is 7.09. The fourth-order valence-electron chi connectivity index (χ4n) is 2.73. The van der Waals surface area contributed by atoms with E-state index >= 15 is 0 Å². The molecule has 0 radical (unpaired) electrons. The first kappa shape index (κ1) is 15.1. The molecular weight excluding hydrogens is 302 g/mol. The number of sulfonamides is 1. The van der Waals surface area contributed by atoms with Gasteiger partial charge in [0.05, 0.1) is 18.0 Å². The molecule has 0 aromatic carbocycles. The van der Waals surface area contributed by atoms with Gasteiger partial charge in [0.15, 0.2) is 0 Å². The van der Waals surface area contributed by atoms with E-state index in [1.165, 1.54) is 6.26 Å². The van der Waals surface area contributed by atoms with Crippen molar-refractivity contribution in [1.29, 1.82) is 0 Å². The molecule has 3 heterocycles. The van der Waals surface area contributed by atoms with Crippen molar-refractivity contribution < 1.29 is 8.42 Å². The van der Waals surface area contributed by atoms with Crippen molar-refractivity contribution in [1.82, 2.24) is 24.4 Å². The third-order valence-corrected chi connectivity index (χ3v) is 4.35. The van der Waals surface area contributed by atoms with Gasteiger partial charge in [0.2, 0.25) is 10.0 Å². The average Bonchev–Trinajstić information content (AvgIpc) is 2.93. The molecule has 118 valence electrons. The minimum Gasteiger partial charge on any atom is -0.291 e. The molecule has 1 aliphatic rings. The predicted molar refractivity (Wildman–Crippen MR) is 82.5 cm³/mol. The molecule has 1 atom stereocenters. The summed E-state index contributed by atoms with van der Waals surface area (Å²) in [5, 5.41) is 4.32. The molecule has 0 fully saturated rings. The molecule has 3 rings (SSSR count). The zero-order valence-electron chi connectivity index (χ0n) is 12.4. The van der Waals surface area contributed by atoms with Crippen LogP contribution in [0.3, 0.4) is 0 Å². The van der Waals surface area contributed by atoms with Crippen molar-refractivity contribution >= 4 is 10.0 Å². The van der Waals surface area contributed by atoms with Gasteiger partial charge in [-0.25, -0.2) is 13.1 Å². The molecule has 2 aromatic rings. The van der Waals surface area contributed by atoms with E-state index in [1.807, 2.05) is 29.1 Å². The van der Waals surface area contributed by atoms with Crippen molar-refractivity contribution in [3.8, 4) is 0 Å². The summed E-state index contributed by atoms with van der Waals surface area (Å²) in [6, 6.07) is 5.93. The summed E-state index contributed by atoms with van der Waals surface area (Å²) in [7, 11) is -3.21. The largest absolute Gasteiger partial charge is 0.291 e. The Kier molecular flexibility index (Phi) is 4.23. The summed E-state index contributed by atoms with van der Waals surface area (Å²) in [6.07, 6.45) is 6.55. The van der Waals surface area contributed by atoms with E-state index in [0.717, 1.165) is 30.9 Å². The van der Waals surface area contributed by atoms with Gasteiger partial charge >= 0.3 is 0 Å². The highest BCUT2D eigenvalue weighted by Gasteiger charge is 2.26. The van der Waals surface area contributed by atoms with Crippen LogP contribution in [0.4, 0.5) is 0 Å². The number of hydrogen-bond acceptors (Lipinski definition) is 5. The van der Waals surface area contributed by atoms with Crippen molar-refractivity contribution in [2.45, 2.75) is 19.1 Å². The van der Waals surface area contributed by atoms with E-state index in [-0.39, 0.29) is 6.04 Å². The molecule has 22 heavy (non-hydrogen) atoms. The maximum absolute atomic E-state index is 11.3. The molecule has 0 unspecified atom stereocenters. The lowest BCUT2D eigenvalue weighted by atomic mass is 10.1. The van der Waals surface area contributed by atoms with Crippen LogP contribution in [0.1, 0.15) is 17.3 Å². The molecule has 0 spiro atoms. The minimum atomic E-state index is -3.21. The van der Waals surface area contributed by atoms with Gasteiger partial charge in [0.1, 0.15) is 0 Å². The van der Waals surface area contributed by atoms with Gasteiger partial charge in [-0.1, -0.05) is 6.07 Å². The highest BCUT2D eigenvalue weighted by Crippen LogP contribution is 2.21. The molecule has 0 saturated heterocycles. The fourth-order valence-corrected chi connectivity index (χ4v) is 3.23. The van der Waals surface area contributed by atoms with E-state index < -0.39 is 10.0 Å². The van der Waals surface area contributed by atoms with E-state index in [4.69, 9.17) is 0 Å². The standard InChI is InChI=1S/C14H19N5O2S/c1-22(20,21)17-8-14-11-18(9-12-3-2-5-15-7-12)10-13-4-6-16-19(13)14/h2-7,14,17H,8-11H2,1H3/t14-/m1/s1. The Bertz CT molecular complexity index is 729. The van der Waals surface area contributed by atoms with E-state index in [0.29, 0.717) is 6.54 Å². The summed E-state index contributed by atoms with van der Waals surface area (Å²) in [4.78, 5) is 6.42. The van der Waals surface area contributed by atoms with Crippen LogP contribution in [0.25, 0.3) is 0 Å². The average molecular weight is 321 g/mol. The maximum Gasteiger partial charge on any atom is 0.208 e. The van der Waals surface area contributed by atoms with Crippen LogP contribution in [0.2, 0.25) is 0 Å². The molecule has 2 aromatic heterocycles. The number of pyridine rings is 1. The van der Waals surface area contributed by atoms with Crippen molar-refractivity contribution in [2.24, 2.45) is 0 Å². The second-order valence-electron chi connectivity index (χ2n) is 5.57. The molecule has 0 amide bonds. The molecule has 0 aliphatic carbocycles. The molecule has 0 bridgehead atoms. The van der Waals surface area contributed by atoms with Gasteiger partial charge in [0, 0.05) is 44.8 Å². The summed E-state index contributed by atoms with van der Waals surface area (Å²) in [5.74, 6) is 0. The number of hydrogen-bond donors (Lipinski definition) is 1. The lowest BCUT2D eigenvalue weighted by Crippen LogP contribution is -2.42. The summed E-state index contributed by atoms with van der Waals surface area (Å²) in [5.41, 5.74) is 2.24. The van der Waals surface area contributed by atoms with Gasteiger partial charge in [-0.05, 0) is 17.7 Å². The number of fused-ring (bicyclic) bond motifs is 1. The lowest BCUT2D eigenvalue weighted by molar-refractivity contribution is 0.168. The zero-order chi connectivity index (χ0) is 15.6. The predicted octanol–water partition coefficient (Wildman–Crippen LogP) is 0.384. The van der Waals surface area contributed by atoms with Crippen LogP contribution < -0.4 is 4.72 Å². The van der Waals surface area contributed by atoms with E-state index in [9.17, 15) is 8.42 Å². The molecule has 1 aliphatic heterocycles. The van der Waals surface area contributed by atoms with Gasteiger partial charge in [-0.15, -0.1) is 0 Å². The highest BCUT2D eigenvalue weighted by atomic mass is 32.2. The van der Waals surface area contributed by atoms with Gasteiger partial charge < -0.3 is 0 Å². The normalized spacial score (nSPS) is 19.0. The summed E-state index contributed by atoms with van der Waals surface area (Å²) >= 11 is 0. The van der Waals surface area contributed by atoms with Crippen LogP contribution in [-0.4, -0.2) is 47.4 Å². The van der Waals surface area contributed by atoms with Crippen molar-refractivity contribution in [3.05, 3.63) is 48.0 Å². The monoisotopic (exact) mass is 321 g/mol. The molecule has 0 saturated carbocycles. The first-order valence-corrected chi connectivity index (χ1v) is 8.99. The van der Waals surface area contributed by atoms with Crippen LogP contribution >= 0.6 is 0 Å². The maximum atomic E-state index is 11.3. The van der Waals surface area contributed by atoms with Gasteiger partial charge in [-0.3, -0.25) is 14.6 Å². The van der Waals surface area contributed by atoms with Gasteiger partial charge in [0.25, 0.3) is 0 Å². The Balaban J connectivity index is 1.74. The Labute approximate surface area is 130 Å². The van der Waals surface area contributed by atoms with E-state index in [1.54, 1.807) is 12.4 Å². The van der Waals surface area contributed by atoms with E-state index in [2.05, 4.69) is 19.7 Å². The van der Waals surface area contributed by atoms with Crippen LogP contribution in [0.5, 0.6) is 0 Å². The third kappa shape index (κ3) is 3.70. The zero-order valence-corrected chi connectivity index (χ0v) is 13.2. The van der Waals surface area contributed by atoms with Gasteiger partial charge in [-0.2, -0.15) is 5.10 Å². The number of nitrogens with zero attached hydrogens (tertiary/aromatic N) is 4. The second-order valence-corrected chi connectivity index (χ2v) is 7.41. The molecule has 8 heteroatoms. The Morgan fingerprint density at radius 1 is 1.36 bits per heavy atom. The third-order valence-electron chi connectivity index (χ3n) is 3.66. The van der Waals surface area contributed by atoms with Crippen LogP contribution in [0.15, 0.2) is 36.8 Å². The van der Waals surface area contributed by atoms with Crippen molar-refractivity contribution in [2.75, 3.05) is 19.3 Å². The molecular formula is C14H19N5O2S. The second kappa shape index (κ2) is 6.15. The molecule has 7 nitrogen and oxygen atoms in total. The Morgan fingerprint density at radius 3 is 2.95 bits per heavy atom. The highest BCUT2D eigenvalue weighted by molar-refractivity contribution is 7.88. The number of nitrogens with one attached hydrogen (secondary N) is 1. The van der Waals surface area contributed by atoms with Crippen LogP contribution in [0, 0.1) is 0 Å². The Hall–Kier alpha value is -1.77. The quantitative estimate of drug-likeness (QED) is 0.861. The SMILES string of the molecule is CS(=O)(=O)NC[C@@H]1CN(Cc2cccnc2)Cc2ccnn21.